The van der Waals surface area contributed by atoms with Crippen LogP contribution in [0.15, 0.2) is 85.2 Å². The second-order valence-corrected chi connectivity index (χ2v) is 8.51. The van der Waals surface area contributed by atoms with Crippen molar-refractivity contribution in [3.63, 3.8) is 0 Å². The Hall–Kier alpha value is -3.51. The summed E-state index contributed by atoms with van der Waals surface area (Å²) < 4.78 is 16.1. The van der Waals surface area contributed by atoms with Crippen LogP contribution in [0.2, 0.25) is 0 Å². The molecule has 5 rings (SSSR count). The number of anilines is 1. The van der Waals surface area contributed by atoms with E-state index < -0.39 is 0 Å². The minimum absolute atomic E-state index is 0.160. The molecule has 2 atom stereocenters. The normalized spacial score (nSPS) is 18.1. The maximum atomic E-state index is 14.0. The van der Waals surface area contributed by atoms with Gasteiger partial charge in [-0.3, -0.25) is 4.98 Å². The minimum atomic E-state index is -0.269. The van der Waals surface area contributed by atoms with Gasteiger partial charge in [-0.25, -0.2) is 4.39 Å². The van der Waals surface area contributed by atoms with E-state index >= 15 is 0 Å². The summed E-state index contributed by atoms with van der Waals surface area (Å²) in [6.45, 7) is 4.17. The maximum Gasteiger partial charge on any atom is 0.174 e. The van der Waals surface area contributed by atoms with Crippen LogP contribution in [-0.4, -0.2) is 14.7 Å². The van der Waals surface area contributed by atoms with Crippen LogP contribution in [0.4, 0.5) is 10.1 Å². The van der Waals surface area contributed by atoms with Crippen molar-refractivity contribution in [2.75, 3.05) is 4.90 Å². The van der Waals surface area contributed by atoms with E-state index in [2.05, 4.69) is 53.3 Å². The fourth-order valence-corrected chi connectivity index (χ4v) is 4.87. The molecule has 2 aromatic carbocycles. The summed E-state index contributed by atoms with van der Waals surface area (Å²) in [6, 6.07) is 22.7. The molecule has 0 aliphatic carbocycles. The molecule has 1 aliphatic heterocycles. The van der Waals surface area contributed by atoms with E-state index in [1.54, 1.807) is 18.3 Å². The van der Waals surface area contributed by atoms with Crippen molar-refractivity contribution in [2.45, 2.75) is 25.9 Å². The van der Waals surface area contributed by atoms with Gasteiger partial charge in [-0.1, -0.05) is 18.2 Å². The summed E-state index contributed by atoms with van der Waals surface area (Å²) in [6.07, 6.45) is 3.75. The van der Waals surface area contributed by atoms with Crippen LogP contribution in [0, 0.1) is 19.7 Å². The maximum absolute atomic E-state index is 14.0. The van der Waals surface area contributed by atoms with Gasteiger partial charge in [0.05, 0.1) is 11.7 Å². The Morgan fingerprint density at radius 2 is 1.72 bits per heavy atom. The van der Waals surface area contributed by atoms with Gasteiger partial charge in [0.25, 0.3) is 0 Å². The second-order valence-electron chi connectivity index (χ2n) is 8.13. The van der Waals surface area contributed by atoms with Gasteiger partial charge in [0.1, 0.15) is 11.9 Å². The molecule has 32 heavy (non-hydrogen) atoms. The number of nitrogens with zero attached hydrogens (tertiary/aromatic N) is 3. The highest BCUT2D eigenvalue weighted by atomic mass is 32.1. The molecule has 2 unspecified atom stereocenters. The first-order chi connectivity index (χ1) is 15.5. The molecule has 0 amide bonds. The third-order valence-corrected chi connectivity index (χ3v) is 6.07. The highest BCUT2D eigenvalue weighted by Crippen LogP contribution is 2.42. The molecule has 0 radical (unpaired) electrons. The number of rotatable bonds is 4. The number of thiocarbonyl (C=S) groups is 1. The monoisotopic (exact) mass is 442 g/mol. The van der Waals surface area contributed by atoms with Gasteiger partial charge in [-0.15, -0.1) is 0 Å². The summed E-state index contributed by atoms with van der Waals surface area (Å²) >= 11 is 5.84. The summed E-state index contributed by atoms with van der Waals surface area (Å²) in [5.41, 5.74) is 6.03. The minimum Gasteiger partial charge on any atom is -0.351 e. The lowest BCUT2D eigenvalue weighted by molar-refractivity contribution is 0.548. The smallest absolute Gasteiger partial charge is 0.174 e. The zero-order chi connectivity index (χ0) is 22.2. The topological polar surface area (TPSA) is 33.1 Å². The lowest BCUT2D eigenvalue weighted by Gasteiger charge is -2.29. The summed E-state index contributed by atoms with van der Waals surface area (Å²) in [5.74, 6) is -0.269. The Morgan fingerprint density at radius 1 is 0.906 bits per heavy atom. The van der Waals surface area contributed by atoms with E-state index in [1.807, 2.05) is 41.1 Å². The highest BCUT2D eigenvalue weighted by Gasteiger charge is 2.42. The molecule has 1 fully saturated rings. The van der Waals surface area contributed by atoms with Crippen molar-refractivity contribution in [1.82, 2.24) is 14.9 Å². The molecule has 0 bridgehead atoms. The molecule has 1 aliphatic rings. The largest absolute Gasteiger partial charge is 0.351 e. The fourth-order valence-electron chi connectivity index (χ4n) is 4.52. The van der Waals surface area contributed by atoms with Crippen molar-refractivity contribution in [3.05, 3.63) is 114 Å². The van der Waals surface area contributed by atoms with Crippen molar-refractivity contribution in [1.29, 1.82) is 0 Å². The Kier molecular flexibility index (Phi) is 5.23. The SMILES string of the molecule is Cc1cc(C)cc(N2C(=S)NC(c3ccccn3)C2c2cccn2-c2cccc(F)c2)c1. The van der Waals surface area contributed by atoms with Crippen LogP contribution in [0.25, 0.3) is 5.69 Å². The number of aromatic nitrogens is 2. The molecule has 1 N–H and O–H groups in total. The Morgan fingerprint density at radius 3 is 2.44 bits per heavy atom. The van der Waals surface area contributed by atoms with Crippen LogP contribution >= 0.6 is 12.2 Å². The lowest BCUT2D eigenvalue weighted by Crippen LogP contribution is -2.30. The molecule has 160 valence electrons. The van der Waals surface area contributed by atoms with Crippen molar-refractivity contribution in [3.8, 4) is 5.69 Å². The van der Waals surface area contributed by atoms with Crippen LogP contribution in [0.1, 0.15) is 34.6 Å². The lowest BCUT2D eigenvalue weighted by atomic mass is 10.00. The van der Waals surface area contributed by atoms with E-state index in [0.29, 0.717) is 5.11 Å². The molecule has 3 heterocycles. The molecule has 6 heteroatoms. The van der Waals surface area contributed by atoms with E-state index in [1.165, 1.54) is 17.2 Å². The molecule has 4 aromatic rings. The summed E-state index contributed by atoms with van der Waals surface area (Å²) in [4.78, 5) is 6.77. The zero-order valence-electron chi connectivity index (χ0n) is 17.9. The van der Waals surface area contributed by atoms with Gasteiger partial charge in [0.15, 0.2) is 5.11 Å². The first-order valence-electron chi connectivity index (χ1n) is 10.5. The number of pyridine rings is 1. The molecular formula is C26H23FN4S. The molecule has 1 saturated heterocycles. The molecular weight excluding hydrogens is 419 g/mol. The van der Waals surface area contributed by atoms with Gasteiger partial charge in [0, 0.05) is 29.5 Å². The first kappa shape index (κ1) is 20.4. The molecule has 0 saturated carbocycles. The fraction of sp³-hybridized carbons (Fsp3) is 0.154. The molecule has 4 nitrogen and oxygen atoms in total. The average molecular weight is 443 g/mol. The predicted octanol–water partition coefficient (Wildman–Crippen LogP) is 5.81. The number of hydrogen-bond acceptors (Lipinski definition) is 2. The predicted molar refractivity (Wildman–Crippen MR) is 130 cm³/mol. The Labute approximate surface area is 192 Å². The number of halogens is 1. The third-order valence-electron chi connectivity index (χ3n) is 5.75. The van der Waals surface area contributed by atoms with Crippen molar-refractivity contribution >= 4 is 23.0 Å². The third kappa shape index (κ3) is 3.67. The number of benzene rings is 2. The Bertz CT molecular complexity index is 1260. The van der Waals surface area contributed by atoms with E-state index in [-0.39, 0.29) is 17.9 Å². The highest BCUT2D eigenvalue weighted by molar-refractivity contribution is 7.80. The van der Waals surface area contributed by atoms with Crippen LogP contribution < -0.4 is 10.2 Å². The van der Waals surface area contributed by atoms with Gasteiger partial charge < -0.3 is 14.8 Å². The van der Waals surface area contributed by atoms with Crippen LogP contribution in [0.5, 0.6) is 0 Å². The number of aryl methyl sites for hydroxylation is 2. The van der Waals surface area contributed by atoms with Crippen molar-refractivity contribution in [2.24, 2.45) is 0 Å². The van der Waals surface area contributed by atoms with E-state index in [9.17, 15) is 4.39 Å². The molecule has 2 aromatic heterocycles. The molecule has 0 spiro atoms. The Balaban J connectivity index is 1.69. The van der Waals surface area contributed by atoms with Crippen LogP contribution in [0.3, 0.4) is 0 Å². The van der Waals surface area contributed by atoms with Crippen LogP contribution in [-0.2, 0) is 0 Å². The van der Waals surface area contributed by atoms with E-state index in [0.717, 1.165) is 22.8 Å². The van der Waals surface area contributed by atoms with E-state index in [4.69, 9.17) is 12.2 Å². The zero-order valence-corrected chi connectivity index (χ0v) is 18.7. The second kappa shape index (κ2) is 8.20. The summed E-state index contributed by atoms with van der Waals surface area (Å²) in [5, 5.41) is 4.13. The van der Waals surface area contributed by atoms with Gasteiger partial charge >= 0.3 is 0 Å². The average Bonchev–Trinajstić information content (AvgIpc) is 3.38. The van der Waals surface area contributed by atoms with Gasteiger partial charge in [0.2, 0.25) is 0 Å². The number of hydrogen-bond donors (Lipinski definition) is 1. The first-order valence-corrected chi connectivity index (χ1v) is 10.9. The number of nitrogens with one attached hydrogen (secondary N) is 1. The van der Waals surface area contributed by atoms with Gasteiger partial charge in [-0.2, -0.15) is 0 Å². The quantitative estimate of drug-likeness (QED) is 0.405. The standard InChI is InChI=1S/C26H23FN4S/c1-17-13-18(2)15-21(14-17)31-25(24(29-26(31)32)22-9-3-4-11-28-22)23-10-6-12-30(23)20-8-5-7-19(27)16-20/h3-16,24-25H,1-2H3,(H,29,32). The van der Waals surface area contributed by atoms with Gasteiger partial charge in [-0.05, 0) is 91.8 Å². The van der Waals surface area contributed by atoms with Crippen molar-refractivity contribution < 1.29 is 4.39 Å². The summed E-state index contributed by atoms with van der Waals surface area (Å²) in [7, 11) is 0.